The summed E-state index contributed by atoms with van der Waals surface area (Å²) in [6.07, 6.45) is -6.82. The number of nitrogens with one attached hydrogen (secondary N) is 1. The van der Waals surface area contributed by atoms with Gasteiger partial charge in [-0.1, -0.05) is 5.92 Å². The number of nitrogens with zero attached hydrogens (tertiary/aromatic N) is 4. The fourth-order valence-corrected chi connectivity index (χ4v) is 3.08. The monoisotopic (exact) mass is 372 g/mol. The molecule has 1 saturated carbocycles. The van der Waals surface area contributed by atoms with Crippen molar-refractivity contribution in [2.75, 3.05) is 5.43 Å². The highest BCUT2D eigenvalue weighted by molar-refractivity contribution is 5.85. The van der Waals surface area contributed by atoms with Gasteiger partial charge in [0.05, 0.1) is 23.7 Å². The maximum Gasteiger partial charge on any atom is 0.457 e. The van der Waals surface area contributed by atoms with Gasteiger partial charge in [0, 0.05) is 11.8 Å². The lowest BCUT2D eigenvalue weighted by Crippen LogP contribution is -2.33. The SMILES string of the molecule is NNc1ncnc2c1cnn2[C@@H]1C[C@H]([C@H](O)C#CC(F)(F)F)[C@@H](O)[C@H]1O. The zero-order chi connectivity index (χ0) is 19.1. The molecule has 0 radical (unpaired) electrons. The lowest BCUT2D eigenvalue weighted by atomic mass is 9.98. The number of rotatable bonds is 3. The minimum absolute atomic E-state index is 0.0534. The van der Waals surface area contributed by atoms with Gasteiger partial charge in [-0.3, -0.25) is 0 Å². The summed E-state index contributed by atoms with van der Waals surface area (Å²) in [7, 11) is 0. The number of alkyl halides is 3. The van der Waals surface area contributed by atoms with Gasteiger partial charge < -0.3 is 20.7 Å². The first kappa shape index (κ1) is 18.3. The minimum Gasteiger partial charge on any atom is -0.390 e. The molecule has 2 heterocycles. The predicted octanol–water partition coefficient (Wildman–Crippen LogP) is -0.679. The van der Waals surface area contributed by atoms with E-state index in [4.69, 9.17) is 5.84 Å². The highest BCUT2D eigenvalue weighted by Gasteiger charge is 2.46. The van der Waals surface area contributed by atoms with Crippen LogP contribution in [0.2, 0.25) is 0 Å². The Kier molecular flexibility index (Phi) is 4.72. The molecule has 0 aliphatic heterocycles. The Morgan fingerprint density at radius 1 is 1.31 bits per heavy atom. The number of hydrogen-bond donors (Lipinski definition) is 5. The predicted molar refractivity (Wildman–Crippen MR) is 82.1 cm³/mol. The molecule has 26 heavy (non-hydrogen) atoms. The van der Waals surface area contributed by atoms with Gasteiger partial charge in [0.1, 0.15) is 18.5 Å². The third-order valence-corrected chi connectivity index (χ3v) is 4.31. The van der Waals surface area contributed by atoms with Gasteiger partial charge in [-0.25, -0.2) is 20.5 Å². The zero-order valence-electron chi connectivity index (χ0n) is 13.1. The number of hydrazine groups is 1. The van der Waals surface area contributed by atoms with Crippen molar-refractivity contribution >= 4 is 16.9 Å². The number of anilines is 1. The molecule has 9 nitrogen and oxygen atoms in total. The minimum atomic E-state index is -4.76. The standard InChI is InChI=1S/C14H15F3N6O3/c15-14(16,17)2-1-9(24)6-3-8(11(26)10(6)25)23-13-7(4-21-23)12(22-18)19-5-20-13/h4-6,8-11,24-26H,3,18H2,(H,19,20,22)/t6-,8-,9-,10-,11+/m1/s1. The summed E-state index contributed by atoms with van der Waals surface area (Å²) in [6.45, 7) is 0. The second-order valence-corrected chi connectivity index (χ2v) is 5.85. The van der Waals surface area contributed by atoms with Crippen LogP contribution >= 0.6 is 0 Å². The van der Waals surface area contributed by atoms with Gasteiger partial charge in [-0.15, -0.1) is 0 Å². The summed E-state index contributed by atoms with van der Waals surface area (Å²) < 4.78 is 37.9. The summed E-state index contributed by atoms with van der Waals surface area (Å²) in [4.78, 5) is 7.97. The van der Waals surface area contributed by atoms with Gasteiger partial charge in [0.15, 0.2) is 11.5 Å². The number of nitrogens with two attached hydrogens (primary N) is 1. The van der Waals surface area contributed by atoms with E-state index in [2.05, 4.69) is 20.5 Å². The zero-order valence-corrected chi connectivity index (χ0v) is 13.1. The van der Waals surface area contributed by atoms with Crippen LogP contribution in [0.1, 0.15) is 12.5 Å². The molecule has 12 heteroatoms. The molecule has 0 saturated heterocycles. The molecule has 3 rings (SSSR count). The van der Waals surface area contributed by atoms with Crippen LogP contribution in [-0.4, -0.2) is 59.6 Å². The van der Waals surface area contributed by atoms with Crippen molar-refractivity contribution in [3.8, 4) is 11.8 Å². The first-order chi connectivity index (χ1) is 12.2. The summed E-state index contributed by atoms with van der Waals surface area (Å²) in [5.74, 6) is 7.19. The summed E-state index contributed by atoms with van der Waals surface area (Å²) in [5.41, 5.74) is 2.68. The number of nitrogen functional groups attached to an aromatic ring is 1. The van der Waals surface area contributed by atoms with Crippen molar-refractivity contribution in [2.45, 2.75) is 37.0 Å². The van der Waals surface area contributed by atoms with Crippen LogP contribution in [0, 0.1) is 17.8 Å². The fourth-order valence-electron chi connectivity index (χ4n) is 3.08. The largest absolute Gasteiger partial charge is 0.457 e. The van der Waals surface area contributed by atoms with E-state index < -0.39 is 36.4 Å². The Labute approximate surface area is 144 Å². The van der Waals surface area contributed by atoms with Crippen molar-refractivity contribution in [1.29, 1.82) is 0 Å². The van der Waals surface area contributed by atoms with Crippen molar-refractivity contribution < 1.29 is 28.5 Å². The summed E-state index contributed by atoms with van der Waals surface area (Å²) in [5, 5.41) is 34.9. The van der Waals surface area contributed by atoms with E-state index in [0.717, 1.165) is 5.92 Å². The van der Waals surface area contributed by atoms with Crippen LogP contribution < -0.4 is 11.3 Å². The maximum absolute atomic E-state index is 12.2. The van der Waals surface area contributed by atoms with E-state index >= 15 is 0 Å². The van der Waals surface area contributed by atoms with E-state index in [0.29, 0.717) is 16.9 Å². The molecule has 0 aromatic carbocycles. The number of aliphatic hydroxyl groups is 3. The summed E-state index contributed by atoms with van der Waals surface area (Å²) >= 11 is 0. The van der Waals surface area contributed by atoms with Crippen LogP contribution in [0.25, 0.3) is 11.0 Å². The van der Waals surface area contributed by atoms with Gasteiger partial charge in [0.25, 0.3) is 0 Å². The molecule has 2 aromatic rings. The van der Waals surface area contributed by atoms with E-state index in [1.165, 1.54) is 17.2 Å². The van der Waals surface area contributed by atoms with E-state index in [9.17, 15) is 28.5 Å². The number of hydrogen-bond acceptors (Lipinski definition) is 8. The highest BCUT2D eigenvalue weighted by Crippen LogP contribution is 2.38. The smallest absolute Gasteiger partial charge is 0.390 e. The molecule has 0 bridgehead atoms. The van der Waals surface area contributed by atoms with Crippen molar-refractivity contribution in [3.05, 3.63) is 12.5 Å². The van der Waals surface area contributed by atoms with Gasteiger partial charge in [-0.05, 0) is 6.42 Å². The van der Waals surface area contributed by atoms with Crippen molar-refractivity contribution in [2.24, 2.45) is 11.8 Å². The van der Waals surface area contributed by atoms with Crippen LogP contribution in [0.3, 0.4) is 0 Å². The van der Waals surface area contributed by atoms with E-state index in [1.807, 2.05) is 0 Å². The topological polar surface area (TPSA) is 142 Å². The number of halogens is 3. The first-order valence-corrected chi connectivity index (χ1v) is 7.51. The average molecular weight is 372 g/mol. The van der Waals surface area contributed by atoms with Crippen molar-refractivity contribution in [1.82, 2.24) is 19.7 Å². The first-order valence-electron chi connectivity index (χ1n) is 7.51. The van der Waals surface area contributed by atoms with Crippen LogP contribution in [0.4, 0.5) is 19.0 Å². The molecule has 1 fully saturated rings. The number of aromatic nitrogens is 4. The molecular weight excluding hydrogens is 357 g/mol. The van der Waals surface area contributed by atoms with Gasteiger partial charge in [-0.2, -0.15) is 18.3 Å². The van der Waals surface area contributed by atoms with Gasteiger partial charge >= 0.3 is 6.18 Å². The third-order valence-electron chi connectivity index (χ3n) is 4.31. The normalized spacial score (nSPS) is 27.2. The summed E-state index contributed by atoms with van der Waals surface area (Å²) in [6, 6.07) is -0.824. The highest BCUT2D eigenvalue weighted by atomic mass is 19.4. The third kappa shape index (κ3) is 3.29. The second-order valence-electron chi connectivity index (χ2n) is 5.85. The Balaban J connectivity index is 1.90. The molecule has 0 spiro atoms. The quantitative estimate of drug-likeness (QED) is 0.271. The molecule has 2 aromatic heterocycles. The lowest BCUT2D eigenvalue weighted by molar-refractivity contribution is -0.0703. The van der Waals surface area contributed by atoms with Crippen LogP contribution in [-0.2, 0) is 0 Å². The van der Waals surface area contributed by atoms with Crippen molar-refractivity contribution in [3.63, 3.8) is 0 Å². The van der Waals surface area contributed by atoms with Gasteiger partial charge in [0.2, 0.25) is 0 Å². The lowest BCUT2D eigenvalue weighted by Gasteiger charge is -2.18. The Morgan fingerprint density at radius 3 is 2.69 bits per heavy atom. The number of fused-ring (bicyclic) bond motifs is 1. The molecule has 0 amide bonds. The molecule has 140 valence electrons. The van der Waals surface area contributed by atoms with E-state index in [1.54, 1.807) is 5.92 Å². The Morgan fingerprint density at radius 2 is 2.04 bits per heavy atom. The fraction of sp³-hybridized carbons (Fsp3) is 0.500. The maximum atomic E-state index is 12.2. The second kappa shape index (κ2) is 6.69. The molecule has 5 atom stereocenters. The average Bonchev–Trinajstić information content (AvgIpc) is 3.14. The molecule has 1 aliphatic rings. The molecular formula is C14H15F3N6O3. The number of aliphatic hydroxyl groups excluding tert-OH is 3. The van der Waals surface area contributed by atoms with E-state index in [-0.39, 0.29) is 6.42 Å². The molecule has 6 N–H and O–H groups in total. The van der Waals surface area contributed by atoms with Crippen LogP contribution in [0.15, 0.2) is 12.5 Å². The Hall–Kier alpha value is -2.46. The molecule has 1 aliphatic carbocycles. The Bertz CT molecular complexity index is 861. The molecule has 0 unspecified atom stereocenters. The van der Waals surface area contributed by atoms with Crippen LogP contribution in [0.5, 0.6) is 0 Å².